The highest BCUT2D eigenvalue weighted by atomic mass is 32.1. The maximum Gasteiger partial charge on any atom is 0.307 e. The molecule has 6 heteroatoms. The predicted molar refractivity (Wildman–Crippen MR) is 76.5 cm³/mol. The van der Waals surface area contributed by atoms with Gasteiger partial charge in [-0.2, -0.15) is 0 Å². The van der Waals surface area contributed by atoms with Crippen molar-refractivity contribution in [1.82, 2.24) is 5.32 Å². The molecular weight excluding hydrogens is 278 g/mol. The Kier molecular flexibility index (Phi) is 7.40. The fourth-order valence-corrected chi connectivity index (χ4v) is 2.09. The van der Waals surface area contributed by atoms with Crippen LogP contribution in [0.3, 0.4) is 0 Å². The molecule has 108 valence electrons. The fourth-order valence-electron chi connectivity index (χ4n) is 1.34. The number of aliphatic hydroxyl groups is 1. The molecule has 2 N–H and O–H groups in total. The lowest BCUT2D eigenvalue weighted by Gasteiger charge is -2.03. The number of rotatable bonds is 6. The van der Waals surface area contributed by atoms with Gasteiger partial charge < -0.3 is 15.2 Å². The Morgan fingerprint density at radius 1 is 1.50 bits per heavy atom. The third kappa shape index (κ3) is 5.87. The van der Waals surface area contributed by atoms with Crippen LogP contribution in [-0.4, -0.2) is 36.7 Å². The number of hydrogen-bond acceptors (Lipinski definition) is 5. The summed E-state index contributed by atoms with van der Waals surface area (Å²) in [6, 6.07) is 1.69. The minimum absolute atomic E-state index is 0.0274. The monoisotopic (exact) mass is 295 g/mol. The van der Waals surface area contributed by atoms with Crippen LogP contribution in [0.2, 0.25) is 0 Å². The molecule has 0 saturated carbocycles. The molecule has 0 radical (unpaired) electrons. The van der Waals surface area contributed by atoms with E-state index < -0.39 is 0 Å². The molecule has 0 fully saturated rings. The maximum atomic E-state index is 11.8. The second-order valence-corrected chi connectivity index (χ2v) is 4.70. The molecule has 1 rings (SSSR count). The highest BCUT2D eigenvalue weighted by Crippen LogP contribution is 2.13. The molecule has 5 nitrogen and oxygen atoms in total. The van der Waals surface area contributed by atoms with E-state index in [2.05, 4.69) is 17.2 Å². The van der Waals surface area contributed by atoms with Crippen molar-refractivity contribution in [3.8, 4) is 11.8 Å². The molecule has 0 unspecified atom stereocenters. The summed E-state index contributed by atoms with van der Waals surface area (Å²) in [6.07, 6.45) is 0.575. The maximum absolute atomic E-state index is 11.8. The summed E-state index contributed by atoms with van der Waals surface area (Å²) in [6.45, 7) is 2.35. The van der Waals surface area contributed by atoms with Crippen molar-refractivity contribution >= 4 is 23.2 Å². The second-order valence-electron chi connectivity index (χ2n) is 3.79. The van der Waals surface area contributed by atoms with Crippen LogP contribution in [0.4, 0.5) is 0 Å². The van der Waals surface area contributed by atoms with Gasteiger partial charge in [-0.25, -0.2) is 0 Å². The number of esters is 1. The average Bonchev–Trinajstić information content (AvgIpc) is 2.88. The van der Waals surface area contributed by atoms with E-state index in [1.807, 2.05) is 0 Å². The van der Waals surface area contributed by atoms with Crippen LogP contribution in [0, 0.1) is 11.8 Å². The Morgan fingerprint density at radius 3 is 3.00 bits per heavy atom. The molecule has 1 aromatic rings. The SMILES string of the molecule is CCOC(=O)CCNC(=O)c1csc(C#CCCO)c1. The Labute approximate surface area is 122 Å². The first-order valence-electron chi connectivity index (χ1n) is 6.29. The van der Waals surface area contributed by atoms with Gasteiger partial charge in [-0.3, -0.25) is 9.59 Å². The molecule has 0 spiro atoms. The number of carbonyl (C=O) groups is 2. The summed E-state index contributed by atoms with van der Waals surface area (Å²) in [5.74, 6) is 5.10. The number of nitrogens with one attached hydrogen (secondary N) is 1. The number of aliphatic hydroxyl groups excluding tert-OH is 1. The highest BCUT2D eigenvalue weighted by Gasteiger charge is 2.08. The minimum atomic E-state index is -0.325. The van der Waals surface area contributed by atoms with Gasteiger partial charge in [-0.1, -0.05) is 11.8 Å². The summed E-state index contributed by atoms with van der Waals surface area (Å²) >= 11 is 1.37. The summed E-state index contributed by atoms with van der Waals surface area (Å²) in [5, 5.41) is 13.0. The van der Waals surface area contributed by atoms with Gasteiger partial charge in [0, 0.05) is 18.3 Å². The average molecular weight is 295 g/mol. The molecule has 0 aliphatic carbocycles. The van der Waals surface area contributed by atoms with Gasteiger partial charge in [0.2, 0.25) is 0 Å². The zero-order valence-electron chi connectivity index (χ0n) is 11.3. The zero-order chi connectivity index (χ0) is 14.8. The Bertz CT molecular complexity index is 513. The Morgan fingerprint density at radius 2 is 2.30 bits per heavy atom. The Hall–Kier alpha value is -1.84. The van der Waals surface area contributed by atoms with Crippen LogP contribution in [0.1, 0.15) is 35.0 Å². The number of thiophene rings is 1. The number of ether oxygens (including phenoxy) is 1. The standard InChI is InChI=1S/C14H17NO4S/c1-2-19-13(17)6-7-15-14(18)11-9-12(20-10-11)5-3-4-8-16/h9-10,16H,2,4,6-8H2,1H3,(H,15,18). The molecule has 1 heterocycles. The molecule has 1 aromatic heterocycles. The van der Waals surface area contributed by atoms with Gasteiger partial charge in [0.05, 0.1) is 30.1 Å². The summed E-state index contributed by atoms with van der Waals surface area (Å²) in [4.78, 5) is 23.7. The topological polar surface area (TPSA) is 75.6 Å². The third-order valence-corrected chi connectivity index (χ3v) is 3.08. The van der Waals surface area contributed by atoms with Crippen LogP contribution >= 0.6 is 11.3 Å². The van der Waals surface area contributed by atoms with Crippen LogP contribution < -0.4 is 5.32 Å². The van der Waals surface area contributed by atoms with Crippen molar-refractivity contribution in [2.45, 2.75) is 19.8 Å². The largest absolute Gasteiger partial charge is 0.466 e. The van der Waals surface area contributed by atoms with Crippen molar-refractivity contribution < 1.29 is 19.4 Å². The van der Waals surface area contributed by atoms with Gasteiger partial charge in [-0.05, 0) is 13.0 Å². The van der Waals surface area contributed by atoms with Crippen LogP contribution in [-0.2, 0) is 9.53 Å². The van der Waals surface area contributed by atoms with Gasteiger partial charge in [0.25, 0.3) is 5.91 Å². The quantitative estimate of drug-likeness (QED) is 0.610. The minimum Gasteiger partial charge on any atom is -0.466 e. The first-order valence-corrected chi connectivity index (χ1v) is 7.17. The highest BCUT2D eigenvalue weighted by molar-refractivity contribution is 7.10. The van der Waals surface area contributed by atoms with Crippen LogP contribution in [0.25, 0.3) is 0 Å². The lowest BCUT2D eigenvalue weighted by atomic mass is 10.3. The molecule has 20 heavy (non-hydrogen) atoms. The Balaban J connectivity index is 2.41. The van der Waals surface area contributed by atoms with Gasteiger partial charge in [-0.15, -0.1) is 11.3 Å². The van der Waals surface area contributed by atoms with Crippen molar-refractivity contribution in [2.75, 3.05) is 19.8 Å². The van der Waals surface area contributed by atoms with E-state index in [0.717, 1.165) is 4.88 Å². The van der Waals surface area contributed by atoms with E-state index in [0.29, 0.717) is 18.6 Å². The van der Waals surface area contributed by atoms with E-state index in [9.17, 15) is 9.59 Å². The van der Waals surface area contributed by atoms with E-state index in [4.69, 9.17) is 9.84 Å². The smallest absolute Gasteiger partial charge is 0.307 e. The lowest BCUT2D eigenvalue weighted by Crippen LogP contribution is -2.26. The molecule has 0 bridgehead atoms. The van der Waals surface area contributed by atoms with Crippen molar-refractivity contribution in [3.05, 3.63) is 21.9 Å². The predicted octanol–water partition coefficient (Wildman–Crippen LogP) is 1.16. The molecule has 1 amide bonds. The van der Waals surface area contributed by atoms with Crippen molar-refractivity contribution in [1.29, 1.82) is 0 Å². The molecule has 0 aliphatic heterocycles. The summed E-state index contributed by atoms with van der Waals surface area (Å²) in [7, 11) is 0. The molecular formula is C14H17NO4S. The zero-order valence-corrected chi connectivity index (χ0v) is 12.1. The van der Waals surface area contributed by atoms with E-state index in [-0.39, 0.29) is 31.4 Å². The van der Waals surface area contributed by atoms with E-state index in [1.165, 1.54) is 11.3 Å². The molecule has 0 aromatic carbocycles. The number of hydrogen-bond donors (Lipinski definition) is 2. The third-order valence-electron chi connectivity index (χ3n) is 2.23. The molecule has 0 aliphatic rings. The molecule has 0 saturated heterocycles. The number of carbonyl (C=O) groups excluding carboxylic acids is 2. The van der Waals surface area contributed by atoms with Crippen LogP contribution in [0.5, 0.6) is 0 Å². The lowest BCUT2D eigenvalue weighted by molar-refractivity contribution is -0.142. The van der Waals surface area contributed by atoms with E-state index >= 15 is 0 Å². The van der Waals surface area contributed by atoms with Crippen molar-refractivity contribution in [2.24, 2.45) is 0 Å². The second kappa shape index (κ2) is 9.13. The normalized spacial score (nSPS) is 9.50. The number of amides is 1. The first-order chi connectivity index (χ1) is 9.67. The van der Waals surface area contributed by atoms with Crippen LogP contribution in [0.15, 0.2) is 11.4 Å². The fraction of sp³-hybridized carbons (Fsp3) is 0.429. The van der Waals surface area contributed by atoms with Gasteiger partial charge in [0.1, 0.15) is 0 Å². The van der Waals surface area contributed by atoms with Gasteiger partial charge in [0.15, 0.2) is 0 Å². The molecule has 0 atom stereocenters. The summed E-state index contributed by atoms with van der Waals surface area (Å²) < 4.78 is 4.76. The van der Waals surface area contributed by atoms with Gasteiger partial charge >= 0.3 is 5.97 Å². The van der Waals surface area contributed by atoms with E-state index in [1.54, 1.807) is 18.4 Å². The summed E-state index contributed by atoms with van der Waals surface area (Å²) in [5.41, 5.74) is 0.521. The first kappa shape index (κ1) is 16.2. The van der Waals surface area contributed by atoms with Crippen molar-refractivity contribution in [3.63, 3.8) is 0 Å².